The normalized spacial score (nSPS) is 13.8. The number of terminal acetylenes is 1. The van der Waals surface area contributed by atoms with E-state index in [1.807, 2.05) is 0 Å². The van der Waals surface area contributed by atoms with Gasteiger partial charge in [-0.15, -0.1) is 12.3 Å². The topological polar surface area (TPSA) is 37.4 Å². The van der Waals surface area contributed by atoms with Gasteiger partial charge in [-0.05, 0) is 24.6 Å². The van der Waals surface area contributed by atoms with Gasteiger partial charge in [0, 0.05) is 18.0 Å². The van der Waals surface area contributed by atoms with Crippen LogP contribution in [-0.2, 0) is 4.79 Å². The Morgan fingerprint density at radius 1 is 1.35 bits per heavy atom. The van der Waals surface area contributed by atoms with Gasteiger partial charge in [-0.2, -0.15) is 0 Å². The minimum atomic E-state index is -0.501. The summed E-state index contributed by atoms with van der Waals surface area (Å²) >= 11 is 5.86. The molecule has 0 unspecified atom stereocenters. The lowest BCUT2D eigenvalue weighted by Gasteiger charge is -2.15. The van der Waals surface area contributed by atoms with E-state index in [0.717, 1.165) is 0 Å². The summed E-state index contributed by atoms with van der Waals surface area (Å²) in [5, 5.41) is 0.508. The smallest absolute Gasteiger partial charge is 0.299 e. The summed E-state index contributed by atoms with van der Waals surface area (Å²) < 4.78 is 0. The number of nitrogens with zero attached hydrogens (tertiary/aromatic N) is 1. The van der Waals surface area contributed by atoms with E-state index in [2.05, 4.69) is 5.92 Å². The Labute approximate surface area is 104 Å². The number of ketones is 1. The second-order valence-corrected chi connectivity index (χ2v) is 4.19. The Hall–Kier alpha value is -1.79. The molecule has 1 aliphatic rings. The number of rotatable bonds is 3. The molecule has 0 N–H and O–H groups in total. The van der Waals surface area contributed by atoms with Crippen LogP contribution in [0.5, 0.6) is 0 Å². The zero-order valence-corrected chi connectivity index (χ0v) is 9.83. The van der Waals surface area contributed by atoms with Crippen molar-refractivity contribution in [2.75, 3.05) is 11.4 Å². The molecule has 4 heteroatoms. The average Bonchev–Trinajstić information content (AvgIpc) is 2.54. The monoisotopic (exact) mass is 247 g/mol. The van der Waals surface area contributed by atoms with Crippen LogP contribution in [-0.4, -0.2) is 18.2 Å². The number of Topliss-reactive ketones (excluding diaryl/α,β-unsaturated/α-hetero) is 1. The average molecular weight is 248 g/mol. The number of unbranched alkanes of at least 4 members (excludes halogenated alkanes) is 1. The summed E-state index contributed by atoms with van der Waals surface area (Å²) in [6.45, 7) is 0.447. The third kappa shape index (κ3) is 2.04. The number of hydrogen-bond acceptors (Lipinski definition) is 2. The molecule has 1 aromatic rings. The van der Waals surface area contributed by atoms with Gasteiger partial charge >= 0.3 is 0 Å². The first kappa shape index (κ1) is 11.7. The number of halogens is 1. The quantitative estimate of drug-likeness (QED) is 0.467. The van der Waals surface area contributed by atoms with Crippen molar-refractivity contribution in [3.05, 3.63) is 28.8 Å². The van der Waals surface area contributed by atoms with Crippen molar-refractivity contribution in [1.29, 1.82) is 0 Å². The van der Waals surface area contributed by atoms with Crippen molar-refractivity contribution in [2.24, 2.45) is 0 Å². The van der Waals surface area contributed by atoms with Gasteiger partial charge < -0.3 is 4.90 Å². The van der Waals surface area contributed by atoms with Gasteiger partial charge in [-0.3, -0.25) is 9.59 Å². The van der Waals surface area contributed by atoms with E-state index in [0.29, 0.717) is 35.7 Å². The fraction of sp³-hybridized carbons (Fsp3) is 0.231. The molecule has 1 heterocycles. The van der Waals surface area contributed by atoms with Gasteiger partial charge in [0.15, 0.2) is 0 Å². The zero-order valence-electron chi connectivity index (χ0n) is 9.07. The molecule has 0 aromatic heterocycles. The molecule has 3 nitrogen and oxygen atoms in total. The van der Waals surface area contributed by atoms with Crippen molar-refractivity contribution >= 4 is 29.0 Å². The fourth-order valence-electron chi connectivity index (χ4n) is 1.83. The van der Waals surface area contributed by atoms with E-state index in [4.69, 9.17) is 18.0 Å². The number of carbonyl (C=O) groups is 2. The lowest BCUT2D eigenvalue weighted by atomic mass is 10.1. The van der Waals surface area contributed by atoms with Crippen LogP contribution in [0.2, 0.25) is 5.02 Å². The summed E-state index contributed by atoms with van der Waals surface area (Å²) in [6.07, 6.45) is 6.40. The third-order valence-corrected chi connectivity index (χ3v) is 2.87. The van der Waals surface area contributed by atoms with Crippen molar-refractivity contribution in [3.8, 4) is 12.3 Å². The predicted octanol–water partition coefficient (Wildman–Crippen LogP) is 2.28. The molecule has 0 fully saturated rings. The van der Waals surface area contributed by atoms with Gasteiger partial charge in [0.25, 0.3) is 11.7 Å². The molecule has 86 valence electrons. The van der Waals surface area contributed by atoms with Gasteiger partial charge in [-0.25, -0.2) is 0 Å². The van der Waals surface area contributed by atoms with Crippen molar-refractivity contribution in [3.63, 3.8) is 0 Å². The zero-order chi connectivity index (χ0) is 12.4. The molecule has 1 aromatic carbocycles. The minimum absolute atomic E-state index is 0.417. The molecular weight excluding hydrogens is 238 g/mol. The Balaban J connectivity index is 2.30. The maximum atomic E-state index is 11.7. The first-order valence-electron chi connectivity index (χ1n) is 5.24. The largest absolute Gasteiger partial charge is 0.305 e. The number of hydrogen-bond donors (Lipinski definition) is 0. The highest BCUT2D eigenvalue weighted by Gasteiger charge is 2.35. The first-order valence-corrected chi connectivity index (χ1v) is 5.62. The second-order valence-electron chi connectivity index (χ2n) is 3.76. The van der Waals surface area contributed by atoms with Gasteiger partial charge in [0.05, 0.1) is 11.3 Å². The van der Waals surface area contributed by atoms with Gasteiger partial charge in [-0.1, -0.05) is 11.6 Å². The number of carbonyl (C=O) groups excluding carboxylic acids is 2. The Kier molecular flexibility index (Phi) is 3.16. The summed E-state index contributed by atoms with van der Waals surface area (Å²) in [5.74, 6) is 1.53. The molecule has 17 heavy (non-hydrogen) atoms. The van der Waals surface area contributed by atoms with Crippen LogP contribution in [0.1, 0.15) is 23.2 Å². The molecule has 0 radical (unpaired) electrons. The second kappa shape index (κ2) is 4.60. The molecule has 2 rings (SSSR count). The van der Waals surface area contributed by atoms with Crippen LogP contribution in [0.25, 0.3) is 0 Å². The number of amides is 1. The van der Waals surface area contributed by atoms with Crippen molar-refractivity contribution < 1.29 is 9.59 Å². The summed E-state index contributed by atoms with van der Waals surface area (Å²) in [5.41, 5.74) is 1.00. The highest BCUT2D eigenvalue weighted by molar-refractivity contribution is 6.52. The van der Waals surface area contributed by atoms with Crippen molar-refractivity contribution in [1.82, 2.24) is 0 Å². The standard InChI is InChI=1S/C13H10ClNO2/c1-2-3-4-7-15-11-8-9(14)5-6-10(11)12(16)13(15)17/h1,5-6,8H,3-4,7H2. The Morgan fingerprint density at radius 3 is 2.82 bits per heavy atom. The minimum Gasteiger partial charge on any atom is -0.305 e. The predicted molar refractivity (Wildman–Crippen MR) is 66.2 cm³/mol. The summed E-state index contributed by atoms with van der Waals surface area (Å²) in [6, 6.07) is 4.82. The molecule has 1 amide bonds. The number of anilines is 1. The lowest BCUT2D eigenvalue weighted by molar-refractivity contribution is -0.114. The van der Waals surface area contributed by atoms with Crippen molar-refractivity contribution in [2.45, 2.75) is 12.8 Å². The van der Waals surface area contributed by atoms with Gasteiger partial charge in [0.2, 0.25) is 0 Å². The Morgan fingerprint density at radius 2 is 2.12 bits per heavy atom. The molecule has 0 bridgehead atoms. The summed E-state index contributed by atoms with van der Waals surface area (Å²) in [7, 11) is 0. The molecule has 0 spiro atoms. The van der Waals surface area contributed by atoms with E-state index in [9.17, 15) is 9.59 Å². The summed E-state index contributed by atoms with van der Waals surface area (Å²) in [4.78, 5) is 24.9. The van der Waals surface area contributed by atoms with Crippen LogP contribution >= 0.6 is 11.6 Å². The fourth-order valence-corrected chi connectivity index (χ4v) is 1.99. The maximum absolute atomic E-state index is 11.7. The van der Waals surface area contributed by atoms with E-state index in [1.54, 1.807) is 18.2 Å². The molecule has 1 aliphatic heterocycles. The van der Waals surface area contributed by atoms with E-state index in [-0.39, 0.29) is 0 Å². The third-order valence-electron chi connectivity index (χ3n) is 2.64. The molecule has 0 saturated heterocycles. The van der Waals surface area contributed by atoms with E-state index in [1.165, 1.54) is 4.90 Å². The van der Waals surface area contributed by atoms with Crippen LogP contribution in [0.3, 0.4) is 0 Å². The highest BCUT2D eigenvalue weighted by Crippen LogP contribution is 2.31. The Bertz CT molecular complexity index is 531. The van der Waals surface area contributed by atoms with Crippen LogP contribution in [0.4, 0.5) is 5.69 Å². The number of benzene rings is 1. The number of fused-ring (bicyclic) bond motifs is 1. The van der Waals surface area contributed by atoms with Crippen LogP contribution < -0.4 is 4.90 Å². The SMILES string of the molecule is C#CCCCN1C(=O)C(=O)c2ccc(Cl)cc21. The molecular formula is C13H10ClNO2. The maximum Gasteiger partial charge on any atom is 0.299 e. The van der Waals surface area contributed by atoms with Gasteiger partial charge in [0.1, 0.15) is 0 Å². The lowest BCUT2D eigenvalue weighted by Crippen LogP contribution is -2.30. The molecule has 0 saturated carbocycles. The van der Waals surface area contributed by atoms with Crippen LogP contribution in [0.15, 0.2) is 18.2 Å². The van der Waals surface area contributed by atoms with E-state index < -0.39 is 11.7 Å². The highest BCUT2D eigenvalue weighted by atomic mass is 35.5. The molecule has 0 aliphatic carbocycles. The molecule has 0 atom stereocenters. The first-order chi connectivity index (χ1) is 8.15. The van der Waals surface area contributed by atoms with E-state index >= 15 is 0 Å². The van der Waals surface area contributed by atoms with Crippen LogP contribution in [0, 0.1) is 12.3 Å².